The van der Waals surface area contributed by atoms with E-state index in [1.54, 1.807) is 0 Å². The Balaban J connectivity index is 2.03. The minimum absolute atomic E-state index is 0.0752. The monoisotopic (exact) mass is 170 g/mol. The van der Waals surface area contributed by atoms with Crippen LogP contribution in [0.25, 0.3) is 0 Å². The molecule has 2 fully saturated rings. The van der Waals surface area contributed by atoms with Gasteiger partial charge in [-0.3, -0.25) is 0 Å². The highest BCUT2D eigenvalue weighted by Crippen LogP contribution is 2.46. The lowest BCUT2D eigenvalue weighted by Gasteiger charge is -2.32. The van der Waals surface area contributed by atoms with Gasteiger partial charge in [-0.2, -0.15) is 0 Å². The molecule has 68 valence electrons. The first-order valence-electron chi connectivity index (χ1n) is 4.42. The van der Waals surface area contributed by atoms with Gasteiger partial charge in [0.2, 0.25) is 0 Å². The summed E-state index contributed by atoms with van der Waals surface area (Å²) in [4.78, 5) is 12.3. The molecule has 1 aliphatic heterocycles. The molecule has 2 aliphatic rings. The minimum atomic E-state index is -0.809. The first-order valence-corrected chi connectivity index (χ1v) is 4.42. The largest absolute Gasteiger partial charge is 0.465 e. The summed E-state index contributed by atoms with van der Waals surface area (Å²) < 4.78 is 0. The lowest BCUT2D eigenvalue weighted by molar-refractivity contribution is 0.106. The Morgan fingerprint density at radius 3 is 2.83 bits per heavy atom. The van der Waals surface area contributed by atoms with Gasteiger partial charge in [0.15, 0.2) is 0 Å². The van der Waals surface area contributed by atoms with Crippen molar-refractivity contribution in [1.82, 2.24) is 4.90 Å². The Morgan fingerprint density at radius 1 is 1.50 bits per heavy atom. The summed E-state index contributed by atoms with van der Waals surface area (Å²) in [6.45, 7) is 1.18. The first-order chi connectivity index (χ1) is 5.72. The summed E-state index contributed by atoms with van der Waals surface area (Å²) in [6, 6.07) is 0.0752. The SMILES string of the molecule is NC[C@@H]1C[C@H]2C[C@H]2CN1C(=O)O. The summed E-state index contributed by atoms with van der Waals surface area (Å²) in [5.74, 6) is 1.41. The van der Waals surface area contributed by atoms with Gasteiger partial charge in [-0.05, 0) is 24.7 Å². The van der Waals surface area contributed by atoms with E-state index in [4.69, 9.17) is 10.8 Å². The van der Waals surface area contributed by atoms with Crippen molar-refractivity contribution in [2.75, 3.05) is 13.1 Å². The molecule has 0 aromatic heterocycles. The number of fused-ring (bicyclic) bond motifs is 1. The number of amides is 1. The number of carboxylic acid groups (broad SMARTS) is 1. The zero-order chi connectivity index (χ0) is 8.72. The van der Waals surface area contributed by atoms with Gasteiger partial charge in [-0.25, -0.2) is 4.79 Å². The number of nitrogens with two attached hydrogens (primary N) is 1. The average Bonchev–Trinajstić information content (AvgIpc) is 2.79. The molecule has 4 heteroatoms. The van der Waals surface area contributed by atoms with Crippen molar-refractivity contribution in [1.29, 1.82) is 0 Å². The maximum atomic E-state index is 10.8. The third kappa shape index (κ3) is 1.16. The van der Waals surface area contributed by atoms with E-state index < -0.39 is 6.09 Å². The standard InChI is InChI=1S/C8H14N2O2/c9-3-7-2-5-1-6(5)4-10(7)8(11)12/h5-7H,1-4,9H2,(H,11,12)/t5-,6+,7+/m1/s1. The van der Waals surface area contributed by atoms with Gasteiger partial charge in [-0.1, -0.05) is 0 Å². The van der Waals surface area contributed by atoms with Crippen molar-refractivity contribution in [3.05, 3.63) is 0 Å². The molecule has 0 unspecified atom stereocenters. The van der Waals surface area contributed by atoms with Crippen LogP contribution in [0.15, 0.2) is 0 Å². The second-order valence-corrected chi connectivity index (χ2v) is 3.82. The normalized spacial score (nSPS) is 39.1. The molecular formula is C8H14N2O2. The number of likely N-dealkylation sites (tertiary alicyclic amines) is 1. The van der Waals surface area contributed by atoms with Crippen molar-refractivity contribution >= 4 is 6.09 Å². The molecule has 1 amide bonds. The maximum Gasteiger partial charge on any atom is 0.407 e. The summed E-state index contributed by atoms with van der Waals surface area (Å²) in [5, 5.41) is 8.85. The quantitative estimate of drug-likeness (QED) is 0.596. The predicted molar refractivity (Wildman–Crippen MR) is 43.8 cm³/mol. The van der Waals surface area contributed by atoms with Crippen LogP contribution in [0.3, 0.4) is 0 Å². The zero-order valence-electron chi connectivity index (χ0n) is 6.94. The summed E-state index contributed by atoms with van der Waals surface area (Å²) in [5.41, 5.74) is 5.51. The molecule has 1 saturated heterocycles. The van der Waals surface area contributed by atoms with Crippen molar-refractivity contribution in [2.45, 2.75) is 18.9 Å². The van der Waals surface area contributed by atoms with Crippen LogP contribution in [0, 0.1) is 11.8 Å². The van der Waals surface area contributed by atoms with Gasteiger partial charge in [0.1, 0.15) is 0 Å². The fraction of sp³-hybridized carbons (Fsp3) is 0.875. The number of piperidine rings is 1. The van der Waals surface area contributed by atoms with Crippen molar-refractivity contribution in [3.63, 3.8) is 0 Å². The summed E-state index contributed by atoms with van der Waals surface area (Å²) >= 11 is 0. The van der Waals surface area contributed by atoms with Gasteiger partial charge in [0.25, 0.3) is 0 Å². The highest BCUT2D eigenvalue weighted by molar-refractivity contribution is 5.65. The van der Waals surface area contributed by atoms with Gasteiger partial charge in [0.05, 0.1) is 0 Å². The number of hydrogen-bond acceptors (Lipinski definition) is 2. The lowest BCUT2D eigenvalue weighted by atomic mass is 10.0. The molecule has 12 heavy (non-hydrogen) atoms. The molecule has 0 aromatic rings. The molecule has 0 radical (unpaired) electrons. The molecular weight excluding hydrogens is 156 g/mol. The third-order valence-electron chi connectivity index (χ3n) is 3.03. The van der Waals surface area contributed by atoms with Crippen LogP contribution in [0.4, 0.5) is 4.79 Å². The predicted octanol–water partition coefficient (Wildman–Crippen LogP) is 0.333. The van der Waals surface area contributed by atoms with Gasteiger partial charge in [0, 0.05) is 19.1 Å². The molecule has 3 atom stereocenters. The van der Waals surface area contributed by atoms with E-state index in [1.165, 1.54) is 11.3 Å². The van der Waals surface area contributed by atoms with Crippen molar-refractivity contribution in [3.8, 4) is 0 Å². The minimum Gasteiger partial charge on any atom is -0.465 e. The number of rotatable bonds is 1. The smallest absolute Gasteiger partial charge is 0.407 e. The van der Waals surface area contributed by atoms with Crippen LogP contribution in [0.5, 0.6) is 0 Å². The van der Waals surface area contributed by atoms with E-state index in [1.807, 2.05) is 0 Å². The average molecular weight is 170 g/mol. The molecule has 1 saturated carbocycles. The highest BCUT2D eigenvalue weighted by Gasteiger charge is 2.46. The van der Waals surface area contributed by atoms with Crippen LogP contribution >= 0.6 is 0 Å². The van der Waals surface area contributed by atoms with Crippen LogP contribution in [-0.2, 0) is 0 Å². The first kappa shape index (κ1) is 7.86. The van der Waals surface area contributed by atoms with Crippen LogP contribution in [0.2, 0.25) is 0 Å². The number of nitrogens with zero attached hydrogens (tertiary/aromatic N) is 1. The fourth-order valence-corrected chi connectivity index (χ4v) is 2.16. The van der Waals surface area contributed by atoms with E-state index in [-0.39, 0.29) is 6.04 Å². The third-order valence-corrected chi connectivity index (χ3v) is 3.03. The van der Waals surface area contributed by atoms with E-state index in [0.717, 1.165) is 12.3 Å². The second-order valence-electron chi connectivity index (χ2n) is 3.82. The Morgan fingerprint density at radius 2 is 2.25 bits per heavy atom. The molecule has 3 N–H and O–H groups in total. The van der Waals surface area contributed by atoms with Gasteiger partial charge in [-0.15, -0.1) is 0 Å². The molecule has 0 aromatic carbocycles. The Kier molecular flexibility index (Phi) is 1.72. The Hall–Kier alpha value is -0.770. The highest BCUT2D eigenvalue weighted by atomic mass is 16.4. The van der Waals surface area contributed by atoms with Gasteiger partial charge >= 0.3 is 6.09 Å². The molecule has 2 rings (SSSR count). The van der Waals surface area contributed by atoms with E-state index in [9.17, 15) is 4.79 Å². The van der Waals surface area contributed by atoms with E-state index >= 15 is 0 Å². The van der Waals surface area contributed by atoms with E-state index in [0.29, 0.717) is 19.0 Å². The number of carbonyl (C=O) groups is 1. The van der Waals surface area contributed by atoms with E-state index in [2.05, 4.69) is 0 Å². The molecule has 0 bridgehead atoms. The molecule has 1 aliphatic carbocycles. The van der Waals surface area contributed by atoms with Crippen LogP contribution in [0.1, 0.15) is 12.8 Å². The molecule has 1 heterocycles. The summed E-state index contributed by atoms with van der Waals surface area (Å²) in [6.07, 6.45) is 1.38. The van der Waals surface area contributed by atoms with Gasteiger partial charge < -0.3 is 15.7 Å². The molecule has 4 nitrogen and oxygen atoms in total. The molecule has 0 spiro atoms. The maximum absolute atomic E-state index is 10.8. The summed E-state index contributed by atoms with van der Waals surface area (Å²) in [7, 11) is 0. The van der Waals surface area contributed by atoms with Crippen LogP contribution < -0.4 is 5.73 Å². The Labute approximate surface area is 71.3 Å². The van der Waals surface area contributed by atoms with Crippen molar-refractivity contribution < 1.29 is 9.90 Å². The van der Waals surface area contributed by atoms with Crippen LogP contribution in [-0.4, -0.2) is 35.2 Å². The lowest BCUT2D eigenvalue weighted by Crippen LogP contribution is -2.47. The second kappa shape index (κ2) is 2.62. The van der Waals surface area contributed by atoms with Crippen molar-refractivity contribution in [2.24, 2.45) is 17.6 Å². The fourth-order valence-electron chi connectivity index (χ4n) is 2.16. The topological polar surface area (TPSA) is 66.6 Å². The Bertz CT molecular complexity index is 207. The number of hydrogen-bond donors (Lipinski definition) is 2. The zero-order valence-corrected chi connectivity index (χ0v) is 6.94.